The summed E-state index contributed by atoms with van der Waals surface area (Å²) < 4.78 is 0. The van der Waals surface area contributed by atoms with Crippen molar-refractivity contribution in [2.24, 2.45) is 4.99 Å². The first-order valence-electron chi connectivity index (χ1n) is 3.07. The summed E-state index contributed by atoms with van der Waals surface area (Å²) in [5.74, 6) is 0. The lowest BCUT2D eigenvalue weighted by molar-refractivity contribution is 1.41. The van der Waals surface area contributed by atoms with Crippen molar-refractivity contribution in [2.75, 3.05) is 5.73 Å². The van der Waals surface area contributed by atoms with Gasteiger partial charge in [-0.1, -0.05) is 12.1 Å². The molecule has 0 unspecified atom stereocenters. The van der Waals surface area contributed by atoms with Gasteiger partial charge in [0.2, 0.25) is 0 Å². The van der Waals surface area contributed by atoms with E-state index in [2.05, 4.69) is 11.7 Å². The summed E-state index contributed by atoms with van der Waals surface area (Å²) in [6.07, 6.45) is 0. The molecule has 0 saturated carbocycles. The van der Waals surface area contributed by atoms with Crippen molar-refractivity contribution in [3.05, 3.63) is 23.8 Å². The normalized spacial score (nSPS) is 9.30. The molecule has 0 heterocycles. The SMILES string of the molecule is C=Nc1c(C)cccc1N. The number of benzene rings is 1. The van der Waals surface area contributed by atoms with Crippen molar-refractivity contribution in [3.63, 3.8) is 0 Å². The van der Waals surface area contributed by atoms with Gasteiger partial charge >= 0.3 is 0 Å². The van der Waals surface area contributed by atoms with Gasteiger partial charge in [0.25, 0.3) is 0 Å². The van der Waals surface area contributed by atoms with Crippen LogP contribution in [0.2, 0.25) is 0 Å². The van der Waals surface area contributed by atoms with E-state index in [1.165, 1.54) is 0 Å². The van der Waals surface area contributed by atoms with E-state index in [1.54, 1.807) is 0 Å². The molecule has 52 valence electrons. The maximum atomic E-state index is 5.60. The largest absolute Gasteiger partial charge is 0.397 e. The van der Waals surface area contributed by atoms with Crippen molar-refractivity contribution in [2.45, 2.75) is 6.92 Å². The number of rotatable bonds is 1. The van der Waals surface area contributed by atoms with Crippen LogP contribution in [0.4, 0.5) is 11.4 Å². The summed E-state index contributed by atoms with van der Waals surface area (Å²) >= 11 is 0. The van der Waals surface area contributed by atoms with E-state index < -0.39 is 0 Å². The predicted molar refractivity (Wildman–Crippen MR) is 44.8 cm³/mol. The van der Waals surface area contributed by atoms with Gasteiger partial charge in [-0.15, -0.1) is 0 Å². The van der Waals surface area contributed by atoms with Gasteiger partial charge in [-0.05, 0) is 25.3 Å². The molecule has 0 aliphatic rings. The van der Waals surface area contributed by atoms with Crippen molar-refractivity contribution in [1.82, 2.24) is 0 Å². The van der Waals surface area contributed by atoms with Gasteiger partial charge in [0.05, 0.1) is 11.4 Å². The number of hydrogen-bond acceptors (Lipinski definition) is 2. The van der Waals surface area contributed by atoms with Gasteiger partial charge in [0.15, 0.2) is 0 Å². The predicted octanol–water partition coefficient (Wildman–Crippen LogP) is 1.91. The summed E-state index contributed by atoms with van der Waals surface area (Å²) in [4.78, 5) is 3.79. The molecule has 0 aliphatic carbocycles. The zero-order valence-corrected chi connectivity index (χ0v) is 5.96. The molecule has 2 nitrogen and oxygen atoms in total. The molecule has 1 aromatic carbocycles. The van der Waals surface area contributed by atoms with Gasteiger partial charge in [0, 0.05) is 0 Å². The van der Waals surface area contributed by atoms with Crippen LogP contribution in [0.3, 0.4) is 0 Å². The molecule has 0 atom stereocenters. The number of hydrogen-bond donors (Lipinski definition) is 1. The van der Waals surface area contributed by atoms with Crippen LogP contribution in [-0.2, 0) is 0 Å². The Hall–Kier alpha value is -1.31. The van der Waals surface area contributed by atoms with Crippen molar-refractivity contribution in [1.29, 1.82) is 0 Å². The van der Waals surface area contributed by atoms with Crippen molar-refractivity contribution >= 4 is 18.1 Å². The van der Waals surface area contributed by atoms with E-state index in [0.29, 0.717) is 5.69 Å². The first kappa shape index (κ1) is 6.81. The highest BCUT2D eigenvalue weighted by Crippen LogP contribution is 2.24. The number of nitrogens with two attached hydrogens (primary N) is 1. The summed E-state index contributed by atoms with van der Waals surface area (Å²) in [7, 11) is 0. The van der Waals surface area contributed by atoms with Gasteiger partial charge in [-0.2, -0.15) is 0 Å². The van der Waals surface area contributed by atoms with Crippen LogP contribution in [0.15, 0.2) is 23.2 Å². The fourth-order valence-electron chi connectivity index (χ4n) is 0.898. The summed E-state index contributed by atoms with van der Waals surface area (Å²) in [6, 6.07) is 5.68. The molecule has 0 bridgehead atoms. The topological polar surface area (TPSA) is 38.4 Å². The van der Waals surface area contributed by atoms with Crippen molar-refractivity contribution < 1.29 is 0 Å². The standard InChI is InChI=1S/C8H10N2/c1-6-4-3-5-7(9)8(6)10-2/h3-5H,2,9H2,1H3. The number of aliphatic imine (C=N–C) groups is 1. The second-order valence-corrected chi connectivity index (χ2v) is 2.17. The van der Waals surface area contributed by atoms with Crippen molar-refractivity contribution in [3.8, 4) is 0 Å². The molecular formula is C8H10N2. The monoisotopic (exact) mass is 134 g/mol. The van der Waals surface area contributed by atoms with Crippen LogP contribution >= 0.6 is 0 Å². The fourth-order valence-corrected chi connectivity index (χ4v) is 0.898. The minimum absolute atomic E-state index is 0.690. The molecule has 10 heavy (non-hydrogen) atoms. The molecule has 1 aromatic rings. The van der Waals surface area contributed by atoms with Gasteiger partial charge < -0.3 is 5.73 Å². The fraction of sp³-hybridized carbons (Fsp3) is 0.125. The molecular weight excluding hydrogens is 124 g/mol. The van der Waals surface area contributed by atoms with Crippen LogP contribution in [0.1, 0.15) is 5.56 Å². The minimum atomic E-state index is 0.690. The Morgan fingerprint density at radius 1 is 1.50 bits per heavy atom. The zero-order chi connectivity index (χ0) is 7.56. The van der Waals surface area contributed by atoms with Crippen LogP contribution in [0.5, 0.6) is 0 Å². The Morgan fingerprint density at radius 3 is 2.60 bits per heavy atom. The third-order valence-electron chi connectivity index (χ3n) is 1.43. The highest BCUT2D eigenvalue weighted by Gasteiger charge is 1.96. The quantitative estimate of drug-likeness (QED) is 0.462. The van der Waals surface area contributed by atoms with Crippen LogP contribution in [0.25, 0.3) is 0 Å². The maximum absolute atomic E-state index is 5.60. The minimum Gasteiger partial charge on any atom is -0.397 e. The first-order valence-corrected chi connectivity index (χ1v) is 3.07. The maximum Gasteiger partial charge on any atom is 0.0880 e. The summed E-state index contributed by atoms with van der Waals surface area (Å²) in [5, 5.41) is 0. The van der Waals surface area contributed by atoms with Gasteiger partial charge in [0.1, 0.15) is 0 Å². The molecule has 0 spiro atoms. The Morgan fingerprint density at radius 2 is 2.20 bits per heavy atom. The molecule has 0 aromatic heterocycles. The van der Waals surface area contributed by atoms with Crippen LogP contribution < -0.4 is 5.73 Å². The molecule has 0 radical (unpaired) electrons. The number of nitrogen functional groups attached to an aromatic ring is 1. The van der Waals surface area contributed by atoms with E-state index >= 15 is 0 Å². The molecule has 0 saturated heterocycles. The average molecular weight is 134 g/mol. The average Bonchev–Trinajstić information content (AvgIpc) is 1.88. The number of nitrogens with zero attached hydrogens (tertiary/aromatic N) is 1. The Bertz CT molecular complexity index is 233. The molecule has 2 N–H and O–H groups in total. The lowest BCUT2D eigenvalue weighted by atomic mass is 10.2. The highest BCUT2D eigenvalue weighted by molar-refractivity contribution is 5.68. The third-order valence-corrected chi connectivity index (χ3v) is 1.43. The first-order chi connectivity index (χ1) is 4.75. The molecule has 0 fully saturated rings. The van der Waals surface area contributed by atoms with Gasteiger partial charge in [-0.3, -0.25) is 4.99 Å². The second-order valence-electron chi connectivity index (χ2n) is 2.17. The molecule has 0 aliphatic heterocycles. The van der Waals surface area contributed by atoms with E-state index in [-0.39, 0.29) is 0 Å². The third kappa shape index (κ3) is 1.00. The second kappa shape index (κ2) is 2.52. The number of anilines is 1. The Kier molecular flexibility index (Phi) is 1.71. The van der Waals surface area contributed by atoms with E-state index in [4.69, 9.17) is 5.73 Å². The lowest BCUT2D eigenvalue weighted by Crippen LogP contribution is -1.86. The Labute approximate surface area is 60.4 Å². The Balaban J connectivity index is 3.30. The smallest absolute Gasteiger partial charge is 0.0880 e. The van der Waals surface area contributed by atoms with Gasteiger partial charge in [-0.25, -0.2) is 0 Å². The number of para-hydroxylation sites is 1. The highest BCUT2D eigenvalue weighted by atomic mass is 14.7. The lowest BCUT2D eigenvalue weighted by Gasteiger charge is -2.01. The van der Waals surface area contributed by atoms with E-state index in [0.717, 1.165) is 11.3 Å². The van der Waals surface area contributed by atoms with Crippen LogP contribution in [-0.4, -0.2) is 6.72 Å². The summed E-state index contributed by atoms with van der Waals surface area (Å²) in [5.41, 5.74) is 8.15. The molecule has 1 rings (SSSR count). The molecule has 2 heteroatoms. The van der Waals surface area contributed by atoms with E-state index in [9.17, 15) is 0 Å². The molecule has 0 amide bonds. The zero-order valence-electron chi connectivity index (χ0n) is 5.96. The summed E-state index contributed by atoms with van der Waals surface area (Å²) in [6.45, 7) is 5.38. The van der Waals surface area contributed by atoms with Crippen LogP contribution in [0, 0.1) is 6.92 Å². The van der Waals surface area contributed by atoms with E-state index in [1.807, 2.05) is 25.1 Å². The number of aryl methyl sites for hydroxylation is 1.